The van der Waals surface area contributed by atoms with E-state index in [1.54, 1.807) is 0 Å². The molecule has 0 aliphatic rings. The number of unbranched alkanes of at least 4 members (excludes halogenated alkanes) is 12. The van der Waals surface area contributed by atoms with Gasteiger partial charge in [0.25, 0.3) is 5.56 Å². The molecule has 0 unspecified atom stereocenters. The molecule has 1 aromatic heterocycles. The largest absolute Gasteiger partial charge is 0.347 e. The minimum absolute atomic E-state index is 0.138. The summed E-state index contributed by atoms with van der Waals surface area (Å²) in [5.74, 6) is 0.807. The summed E-state index contributed by atoms with van der Waals surface area (Å²) in [5.41, 5.74) is 0.755. The first-order valence-corrected chi connectivity index (χ1v) is 10.8. The lowest BCUT2D eigenvalue weighted by atomic mass is 10.1. The molecule has 0 fully saturated rings. The summed E-state index contributed by atoms with van der Waals surface area (Å²) < 4.78 is 0. The van der Waals surface area contributed by atoms with Gasteiger partial charge in [-0.15, -0.1) is 0 Å². The zero-order valence-corrected chi connectivity index (χ0v) is 17.1. The van der Waals surface area contributed by atoms with Gasteiger partial charge in [0.15, 0.2) is 0 Å². The molecule has 0 aliphatic carbocycles. The van der Waals surface area contributed by atoms with Crippen LogP contribution in [0.15, 0.2) is 23.0 Å². The maximum absolute atomic E-state index is 11.3. The number of aryl methyl sites for hydroxylation is 2. The van der Waals surface area contributed by atoms with Crippen molar-refractivity contribution in [3.05, 3.63) is 46.5 Å². The van der Waals surface area contributed by atoms with Gasteiger partial charge in [0.2, 0.25) is 0 Å². The quantitative estimate of drug-likeness (QED) is 0.271. The second-order valence-electron chi connectivity index (χ2n) is 7.34. The van der Waals surface area contributed by atoms with E-state index in [1.165, 1.54) is 76.7 Å². The average Bonchev–Trinajstić information content (AvgIpc) is 2.60. The molecule has 147 valence electrons. The SMILES string of the molecule is CCCCCCCCC=CCCCCC[CH]CCc1nc(=O)cc(C)[nH]1. The summed E-state index contributed by atoms with van der Waals surface area (Å²) in [6.45, 7) is 4.17. The van der Waals surface area contributed by atoms with Crippen LogP contribution in [0, 0.1) is 13.3 Å². The van der Waals surface area contributed by atoms with Gasteiger partial charge in [-0.25, -0.2) is 0 Å². The molecule has 1 radical (unpaired) electrons. The van der Waals surface area contributed by atoms with Crippen LogP contribution in [-0.4, -0.2) is 9.97 Å². The summed E-state index contributed by atoms with van der Waals surface area (Å²) in [4.78, 5) is 18.5. The Hall–Kier alpha value is -1.38. The first kappa shape index (κ1) is 22.7. The zero-order valence-electron chi connectivity index (χ0n) is 17.1. The molecule has 0 aromatic carbocycles. The van der Waals surface area contributed by atoms with E-state index in [0.29, 0.717) is 0 Å². The fourth-order valence-electron chi connectivity index (χ4n) is 3.15. The number of H-pyrrole nitrogens is 1. The Balaban J connectivity index is 1.86. The van der Waals surface area contributed by atoms with Crippen LogP contribution < -0.4 is 5.56 Å². The van der Waals surface area contributed by atoms with Crippen LogP contribution in [0.2, 0.25) is 0 Å². The first-order chi connectivity index (χ1) is 12.7. The van der Waals surface area contributed by atoms with Crippen molar-refractivity contribution in [3.8, 4) is 0 Å². The molecule has 3 heteroatoms. The van der Waals surface area contributed by atoms with Crippen molar-refractivity contribution in [1.82, 2.24) is 9.97 Å². The van der Waals surface area contributed by atoms with Crippen molar-refractivity contribution in [3.63, 3.8) is 0 Å². The summed E-state index contributed by atoms with van der Waals surface area (Å²) in [5, 5.41) is 0. The van der Waals surface area contributed by atoms with Crippen molar-refractivity contribution >= 4 is 0 Å². The number of rotatable bonds is 16. The predicted octanol–water partition coefficient (Wildman–Crippen LogP) is 6.47. The zero-order chi connectivity index (χ0) is 18.9. The van der Waals surface area contributed by atoms with E-state index in [1.807, 2.05) is 6.92 Å². The Morgan fingerprint density at radius 3 is 2.19 bits per heavy atom. The Kier molecular flexibility index (Phi) is 13.8. The van der Waals surface area contributed by atoms with E-state index in [2.05, 4.69) is 35.5 Å². The monoisotopic (exact) mass is 359 g/mol. The lowest BCUT2D eigenvalue weighted by Crippen LogP contribution is -2.11. The van der Waals surface area contributed by atoms with Crippen molar-refractivity contribution in [2.24, 2.45) is 0 Å². The number of hydrogen-bond acceptors (Lipinski definition) is 2. The summed E-state index contributed by atoms with van der Waals surface area (Å²) in [6, 6.07) is 1.54. The third-order valence-electron chi connectivity index (χ3n) is 4.68. The summed E-state index contributed by atoms with van der Waals surface area (Å²) in [7, 11) is 0. The summed E-state index contributed by atoms with van der Waals surface area (Å²) in [6.07, 6.45) is 24.7. The highest BCUT2D eigenvalue weighted by Gasteiger charge is 1.98. The van der Waals surface area contributed by atoms with Crippen LogP contribution in [0.5, 0.6) is 0 Å². The molecule has 3 nitrogen and oxygen atoms in total. The molecule has 0 atom stereocenters. The van der Waals surface area contributed by atoms with Crippen LogP contribution in [0.3, 0.4) is 0 Å². The van der Waals surface area contributed by atoms with Crippen molar-refractivity contribution < 1.29 is 0 Å². The van der Waals surface area contributed by atoms with E-state index in [9.17, 15) is 4.79 Å². The second kappa shape index (κ2) is 15.8. The van der Waals surface area contributed by atoms with Gasteiger partial charge in [-0.05, 0) is 45.4 Å². The van der Waals surface area contributed by atoms with Crippen LogP contribution >= 0.6 is 0 Å². The third kappa shape index (κ3) is 12.9. The number of allylic oxidation sites excluding steroid dienone is 2. The van der Waals surface area contributed by atoms with E-state index >= 15 is 0 Å². The number of aromatic amines is 1. The van der Waals surface area contributed by atoms with Crippen LogP contribution in [-0.2, 0) is 6.42 Å². The molecule has 1 aromatic rings. The molecule has 1 rings (SSSR count). The van der Waals surface area contributed by atoms with Crippen LogP contribution in [0.1, 0.15) is 102 Å². The number of aromatic nitrogens is 2. The van der Waals surface area contributed by atoms with Gasteiger partial charge < -0.3 is 4.98 Å². The van der Waals surface area contributed by atoms with Gasteiger partial charge in [-0.1, -0.05) is 70.4 Å². The number of nitrogens with zero attached hydrogens (tertiary/aromatic N) is 1. The molecular formula is C23H39N2O. The third-order valence-corrected chi connectivity index (χ3v) is 4.68. The molecule has 26 heavy (non-hydrogen) atoms. The van der Waals surface area contributed by atoms with Gasteiger partial charge in [0.1, 0.15) is 5.82 Å². The van der Waals surface area contributed by atoms with Gasteiger partial charge in [0, 0.05) is 18.2 Å². The molecular weight excluding hydrogens is 320 g/mol. The van der Waals surface area contributed by atoms with Crippen molar-refractivity contribution in [2.45, 2.75) is 104 Å². The minimum Gasteiger partial charge on any atom is -0.347 e. The fourth-order valence-corrected chi connectivity index (χ4v) is 3.15. The minimum atomic E-state index is -0.138. The fraction of sp³-hybridized carbons (Fsp3) is 0.696. The van der Waals surface area contributed by atoms with Crippen molar-refractivity contribution in [1.29, 1.82) is 0 Å². The molecule has 0 bridgehead atoms. The van der Waals surface area contributed by atoms with Crippen molar-refractivity contribution in [2.75, 3.05) is 0 Å². The normalized spacial score (nSPS) is 11.5. The Labute approximate surface area is 160 Å². The average molecular weight is 360 g/mol. The molecule has 1 heterocycles. The smallest absolute Gasteiger partial charge is 0.273 e. The lowest BCUT2D eigenvalue weighted by Gasteiger charge is -2.02. The molecule has 1 N–H and O–H groups in total. The first-order valence-electron chi connectivity index (χ1n) is 10.8. The van der Waals surface area contributed by atoms with Gasteiger partial charge in [-0.3, -0.25) is 4.79 Å². The maximum Gasteiger partial charge on any atom is 0.273 e. The van der Waals surface area contributed by atoms with Gasteiger partial charge in [0.05, 0.1) is 0 Å². The highest BCUT2D eigenvalue weighted by atomic mass is 16.1. The highest BCUT2D eigenvalue weighted by Crippen LogP contribution is 2.10. The number of nitrogens with one attached hydrogen (secondary N) is 1. The standard InChI is InChI=1S/C23H39N2O/c1-3-4-5-6-7-8-9-10-11-12-13-14-15-16-17-18-19-22-24-21(2)20-23(26)25-22/h10-11,17,20H,3-9,12-16,18-19H2,1-2H3,(H,24,25,26). The molecule has 0 spiro atoms. The Bertz CT molecular complexity index is 533. The Morgan fingerprint density at radius 2 is 1.50 bits per heavy atom. The number of hydrogen-bond donors (Lipinski definition) is 1. The molecule has 0 saturated carbocycles. The van der Waals surface area contributed by atoms with E-state index in [-0.39, 0.29) is 5.56 Å². The molecule has 0 amide bonds. The lowest BCUT2D eigenvalue weighted by molar-refractivity contribution is 0.610. The maximum atomic E-state index is 11.3. The summed E-state index contributed by atoms with van der Waals surface area (Å²) >= 11 is 0. The molecule has 0 saturated heterocycles. The highest BCUT2D eigenvalue weighted by molar-refractivity contribution is 5.00. The predicted molar refractivity (Wildman–Crippen MR) is 112 cm³/mol. The van der Waals surface area contributed by atoms with Crippen LogP contribution in [0.4, 0.5) is 0 Å². The Morgan fingerprint density at radius 1 is 0.885 bits per heavy atom. The van der Waals surface area contributed by atoms with Gasteiger partial charge in [-0.2, -0.15) is 4.98 Å². The molecule has 0 aliphatic heterocycles. The van der Waals surface area contributed by atoms with E-state index in [0.717, 1.165) is 30.8 Å². The van der Waals surface area contributed by atoms with E-state index in [4.69, 9.17) is 0 Å². The topological polar surface area (TPSA) is 45.8 Å². The van der Waals surface area contributed by atoms with E-state index < -0.39 is 0 Å². The van der Waals surface area contributed by atoms with Gasteiger partial charge >= 0.3 is 0 Å². The second-order valence-corrected chi connectivity index (χ2v) is 7.34. The van der Waals surface area contributed by atoms with Crippen LogP contribution in [0.25, 0.3) is 0 Å².